The van der Waals surface area contributed by atoms with Gasteiger partial charge >= 0.3 is 0 Å². The fourth-order valence-corrected chi connectivity index (χ4v) is 4.90. The summed E-state index contributed by atoms with van der Waals surface area (Å²) in [5, 5.41) is 9.27. The molecule has 2 unspecified atom stereocenters. The second-order valence-electron chi connectivity index (χ2n) is 10.8. The summed E-state index contributed by atoms with van der Waals surface area (Å²) in [4.78, 5) is 40.1. The van der Waals surface area contributed by atoms with E-state index < -0.39 is 11.8 Å². The maximum atomic E-state index is 12.4. The quantitative estimate of drug-likeness (QED) is 0.404. The molecule has 2 aromatic rings. The number of carbonyl (C=O) groups is 3. The van der Waals surface area contributed by atoms with Crippen molar-refractivity contribution >= 4 is 17.7 Å². The minimum absolute atomic E-state index is 0.0392. The number of amides is 3. The fraction of sp³-hybridized carbons (Fsp3) is 0.500. The van der Waals surface area contributed by atoms with Gasteiger partial charge in [-0.05, 0) is 66.5 Å². The van der Waals surface area contributed by atoms with Gasteiger partial charge in [0.25, 0.3) is 0 Å². The van der Waals surface area contributed by atoms with Crippen molar-refractivity contribution in [2.24, 2.45) is 5.73 Å². The van der Waals surface area contributed by atoms with Crippen LogP contribution in [0, 0.1) is 11.3 Å². The molecule has 0 aromatic heterocycles. The summed E-state index contributed by atoms with van der Waals surface area (Å²) in [6, 6.07) is 21.5. The van der Waals surface area contributed by atoms with Gasteiger partial charge in [-0.15, -0.1) is 0 Å². The molecule has 2 atom stereocenters. The molecule has 0 aliphatic rings. The molecule has 0 saturated heterocycles. The monoisotopic (exact) mass is 534 g/mol. The van der Waals surface area contributed by atoms with E-state index in [9.17, 15) is 19.6 Å². The van der Waals surface area contributed by atoms with Gasteiger partial charge < -0.3 is 15.5 Å². The molecule has 2 rings (SSSR count). The van der Waals surface area contributed by atoms with Gasteiger partial charge in [0.15, 0.2) is 0 Å². The Balaban J connectivity index is 0.000000391. The van der Waals surface area contributed by atoms with Crippen molar-refractivity contribution in [2.45, 2.75) is 104 Å². The van der Waals surface area contributed by atoms with E-state index in [1.54, 1.807) is 4.90 Å². The minimum atomic E-state index is -0.566. The summed E-state index contributed by atoms with van der Waals surface area (Å²) in [5.74, 6) is -1.39. The second-order valence-corrected chi connectivity index (χ2v) is 10.8. The van der Waals surface area contributed by atoms with Crippen LogP contribution in [0.15, 0.2) is 60.7 Å². The van der Waals surface area contributed by atoms with Crippen LogP contribution in [0.2, 0.25) is 0 Å². The molecular weight excluding hydrogens is 488 g/mol. The molecule has 0 fully saturated rings. The van der Waals surface area contributed by atoms with Crippen molar-refractivity contribution in [1.29, 1.82) is 5.26 Å². The van der Waals surface area contributed by atoms with Crippen LogP contribution in [0.3, 0.4) is 0 Å². The van der Waals surface area contributed by atoms with Gasteiger partial charge in [0.2, 0.25) is 17.7 Å². The van der Waals surface area contributed by atoms with Crippen molar-refractivity contribution in [3.8, 4) is 6.07 Å². The highest BCUT2D eigenvalue weighted by Crippen LogP contribution is 2.22. The number of benzene rings is 2. The summed E-state index contributed by atoms with van der Waals surface area (Å²) in [6.07, 6.45) is 0.368. The average Bonchev–Trinajstić information content (AvgIpc) is 2.86. The summed E-state index contributed by atoms with van der Waals surface area (Å²) >= 11 is 0. The molecule has 0 bridgehead atoms. The number of hydrogen-bond acceptors (Lipinski definition) is 4. The Labute approximate surface area is 235 Å². The average molecular weight is 535 g/mol. The van der Waals surface area contributed by atoms with Crippen molar-refractivity contribution in [3.05, 3.63) is 71.8 Å². The standard InChI is InChI=1S/C16H24N2O2.C16H22N2O/c1-11(2)18(12(3)4)15(19)10-14(16(17)20)13-8-6-5-7-9-13;1-12(2)18(13(3)4)16(19)10-15(11-17)14-8-6-5-7-9-14/h5-9,11-12,14H,10H2,1-4H3,(H2,17,20);5-9,12-13,15H,10H2,1-4H3. The van der Waals surface area contributed by atoms with E-state index >= 15 is 0 Å². The lowest BCUT2D eigenvalue weighted by molar-refractivity contribution is -0.137. The predicted molar refractivity (Wildman–Crippen MR) is 157 cm³/mol. The van der Waals surface area contributed by atoms with Gasteiger partial charge in [0.05, 0.1) is 17.9 Å². The zero-order valence-electron chi connectivity index (χ0n) is 24.8. The second kappa shape index (κ2) is 16.3. The van der Waals surface area contributed by atoms with E-state index in [1.807, 2.05) is 121 Å². The van der Waals surface area contributed by atoms with Crippen molar-refractivity contribution < 1.29 is 14.4 Å². The highest BCUT2D eigenvalue weighted by molar-refractivity contribution is 5.89. The number of carbonyl (C=O) groups excluding carboxylic acids is 3. The fourth-order valence-electron chi connectivity index (χ4n) is 4.90. The lowest BCUT2D eigenvalue weighted by Gasteiger charge is -2.32. The first-order valence-corrected chi connectivity index (χ1v) is 13.7. The van der Waals surface area contributed by atoms with Crippen molar-refractivity contribution in [2.75, 3.05) is 0 Å². The van der Waals surface area contributed by atoms with Gasteiger partial charge in [-0.1, -0.05) is 60.7 Å². The summed E-state index contributed by atoms with van der Waals surface area (Å²) in [7, 11) is 0. The van der Waals surface area contributed by atoms with Crippen LogP contribution >= 0.6 is 0 Å². The number of nitriles is 1. The zero-order valence-corrected chi connectivity index (χ0v) is 24.8. The molecule has 212 valence electrons. The molecule has 39 heavy (non-hydrogen) atoms. The Morgan fingerprint density at radius 1 is 0.667 bits per heavy atom. The molecule has 0 aliphatic heterocycles. The lowest BCUT2D eigenvalue weighted by atomic mass is 9.94. The highest BCUT2D eigenvalue weighted by atomic mass is 16.2. The molecule has 2 N–H and O–H groups in total. The van der Waals surface area contributed by atoms with E-state index in [0.717, 1.165) is 11.1 Å². The van der Waals surface area contributed by atoms with Crippen LogP contribution in [0.25, 0.3) is 0 Å². The van der Waals surface area contributed by atoms with Crippen molar-refractivity contribution in [3.63, 3.8) is 0 Å². The Morgan fingerprint density at radius 3 is 1.36 bits per heavy atom. The maximum absolute atomic E-state index is 12.4. The summed E-state index contributed by atoms with van der Waals surface area (Å²) in [6.45, 7) is 15.9. The van der Waals surface area contributed by atoms with Gasteiger partial charge in [-0.2, -0.15) is 5.26 Å². The Kier molecular flexibility index (Phi) is 14.0. The smallest absolute Gasteiger partial charge is 0.225 e. The maximum Gasteiger partial charge on any atom is 0.225 e. The SMILES string of the molecule is CC(C)N(C(=O)CC(C#N)c1ccccc1)C(C)C.CC(C)N(C(=O)CC(C(N)=O)c1ccccc1)C(C)C. The van der Waals surface area contributed by atoms with E-state index in [1.165, 1.54) is 0 Å². The molecular formula is C32H46N4O3. The molecule has 0 heterocycles. The normalized spacial score (nSPS) is 12.4. The molecule has 0 aliphatic carbocycles. The summed E-state index contributed by atoms with van der Waals surface area (Å²) < 4.78 is 0. The molecule has 3 amide bonds. The van der Waals surface area contributed by atoms with E-state index in [2.05, 4.69) is 6.07 Å². The van der Waals surface area contributed by atoms with Crippen LogP contribution in [0.5, 0.6) is 0 Å². The van der Waals surface area contributed by atoms with E-state index in [0.29, 0.717) is 0 Å². The largest absolute Gasteiger partial charge is 0.369 e. The predicted octanol–water partition coefficient (Wildman–Crippen LogP) is 5.62. The zero-order chi connectivity index (χ0) is 29.7. The third kappa shape index (κ3) is 10.6. The first-order chi connectivity index (χ1) is 18.3. The molecule has 7 heteroatoms. The first-order valence-electron chi connectivity index (χ1n) is 13.7. The molecule has 0 radical (unpaired) electrons. The Bertz CT molecular complexity index is 1060. The minimum Gasteiger partial charge on any atom is -0.369 e. The van der Waals surface area contributed by atoms with Crippen LogP contribution in [-0.2, 0) is 14.4 Å². The van der Waals surface area contributed by atoms with Crippen LogP contribution in [-0.4, -0.2) is 51.7 Å². The number of nitrogens with two attached hydrogens (primary N) is 1. The van der Waals surface area contributed by atoms with Gasteiger partial charge in [-0.3, -0.25) is 14.4 Å². The van der Waals surface area contributed by atoms with Gasteiger partial charge in [0, 0.05) is 37.0 Å². The number of nitrogens with zero attached hydrogens (tertiary/aromatic N) is 3. The van der Waals surface area contributed by atoms with Crippen LogP contribution in [0.1, 0.15) is 91.2 Å². The van der Waals surface area contributed by atoms with E-state index in [-0.39, 0.29) is 54.7 Å². The van der Waals surface area contributed by atoms with Gasteiger partial charge in [0.1, 0.15) is 0 Å². The third-order valence-electron chi connectivity index (χ3n) is 6.46. The number of hydrogen-bond donors (Lipinski definition) is 1. The lowest BCUT2D eigenvalue weighted by Crippen LogP contribution is -2.43. The Hall–Kier alpha value is -3.66. The van der Waals surface area contributed by atoms with Gasteiger partial charge in [-0.25, -0.2) is 0 Å². The van der Waals surface area contributed by atoms with E-state index in [4.69, 9.17) is 5.73 Å². The highest BCUT2D eigenvalue weighted by Gasteiger charge is 2.27. The number of rotatable bonds is 11. The molecule has 0 saturated carbocycles. The number of primary amides is 1. The molecule has 7 nitrogen and oxygen atoms in total. The molecule has 0 spiro atoms. The van der Waals surface area contributed by atoms with Crippen LogP contribution < -0.4 is 5.73 Å². The van der Waals surface area contributed by atoms with Crippen LogP contribution in [0.4, 0.5) is 0 Å². The topological polar surface area (TPSA) is 108 Å². The summed E-state index contributed by atoms with van der Waals surface area (Å²) in [5.41, 5.74) is 7.16. The Morgan fingerprint density at radius 2 is 1.03 bits per heavy atom. The molecule has 2 aromatic carbocycles. The third-order valence-corrected chi connectivity index (χ3v) is 6.46. The first kappa shape index (κ1) is 33.4. The van der Waals surface area contributed by atoms with Crippen molar-refractivity contribution in [1.82, 2.24) is 9.80 Å².